The third kappa shape index (κ3) is 5.86. The summed E-state index contributed by atoms with van der Waals surface area (Å²) in [6, 6.07) is -1.49. The van der Waals surface area contributed by atoms with E-state index in [4.69, 9.17) is 9.84 Å². The van der Waals surface area contributed by atoms with Gasteiger partial charge in [0.1, 0.15) is 0 Å². The van der Waals surface area contributed by atoms with E-state index in [1.54, 1.807) is 0 Å². The Bertz CT molecular complexity index is 267. The van der Waals surface area contributed by atoms with Crippen molar-refractivity contribution in [1.82, 2.24) is 10.6 Å². The Balaban J connectivity index is 4.27. The summed E-state index contributed by atoms with van der Waals surface area (Å²) in [5.41, 5.74) is 0. The lowest BCUT2D eigenvalue weighted by Crippen LogP contribution is -2.51. The number of carboxylic acids is 1. The third-order valence-corrected chi connectivity index (χ3v) is 3.05. The average Bonchev–Trinajstić information content (AvgIpc) is 2.29. The number of methoxy groups -OCH3 is 1. The Kier molecular flexibility index (Phi) is 8.11. The lowest BCUT2D eigenvalue weighted by atomic mass is 9.96. The first kappa shape index (κ1) is 16.7. The monoisotopic (exact) mass is 260 g/mol. The van der Waals surface area contributed by atoms with Gasteiger partial charge in [0.25, 0.3) is 0 Å². The van der Waals surface area contributed by atoms with Gasteiger partial charge in [-0.25, -0.2) is 9.59 Å². The highest BCUT2D eigenvalue weighted by Gasteiger charge is 2.22. The molecule has 2 amide bonds. The topological polar surface area (TPSA) is 87.7 Å². The van der Waals surface area contributed by atoms with Crippen molar-refractivity contribution in [2.45, 2.75) is 45.7 Å². The van der Waals surface area contributed by atoms with Gasteiger partial charge in [-0.3, -0.25) is 0 Å². The fourth-order valence-electron chi connectivity index (χ4n) is 1.86. The number of carboxylic acid groups (broad SMARTS) is 1. The molecule has 6 heteroatoms. The molecule has 0 rings (SSSR count). The van der Waals surface area contributed by atoms with Crippen LogP contribution in [0.3, 0.4) is 0 Å². The summed E-state index contributed by atoms with van der Waals surface area (Å²) in [4.78, 5) is 22.5. The molecule has 0 saturated carbocycles. The zero-order valence-electron chi connectivity index (χ0n) is 11.5. The van der Waals surface area contributed by atoms with Crippen LogP contribution >= 0.6 is 0 Å². The number of amides is 2. The smallest absolute Gasteiger partial charge is 0.328 e. The minimum absolute atomic E-state index is 0.0111. The highest BCUT2D eigenvalue weighted by Crippen LogP contribution is 2.12. The molecule has 18 heavy (non-hydrogen) atoms. The van der Waals surface area contributed by atoms with Crippen molar-refractivity contribution in [3.05, 3.63) is 0 Å². The SMILES string of the molecule is CCC(CC)C(C)NC(=O)NC(COC)C(=O)O. The normalized spacial score (nSPS) is 14.1. The number of hydrogen-bond acceptors (Lipinski definition) is 3. The van der Waals surface area contributed by atoms with Crippen molar-refractivity contribution in [2.24, 2.45) is 5.92 Å². The van der Waals surface area contributed by atoms with E-state index in [1.165, 1.54) is 7.11 Å². The molecule has 0 aliphatic carbocycles. The van der Waals surface area contributed by atoms with Crippen molar-refractivity contribution in [2.75, 3.05) is 13.7 Å². The Morgan fingerprint density at radius 1 is 1.22 bits per heavy atom. The van der Waals surface area contributed by atoms with Crippen LogP contribution in [0.5, 0.6) is 0 Å². The van der Waals surface area contributed by atoms with Gasteiger partial charge in [0, 0.05) is 13.2 Å². The summed E-state index contributed by atoms with van der Waals surface area (Å²) in [7, 11) is 1.39. The second-order valence-corrected chi connectivity index (χ2v) is 4.33. The first-order valence-corrected chi connectivity index (χ1v) is 6.24. The van der Waals surface area contributed by atoms with Crippen molar-refractivity contribution < 1.29 is 19.4 Å². The predicted octanol–water partition coefficient (Wildman–Crippen LogP) is 1.21. The van der Waals surface area contributed by atoms with E-state index in [0.29, 0.717) is 5.92 Å². The van der Waals surface area contributed by atoms with Crippen LogP contribution in [0.4, 0.5) is 4.79 Å². The second-order valence-electron chi connectivity index (χ2n) is 4.33. The van der Waals surface area contributed by atoms with Crippen molar-refractivity contribution in [1.29, 1.82) is 0 Å². The molecule has 0 spiro atoms. The van der Waals surface area contributed by atoms with Gasteiger partial charge < -0.3 is 20.5 Å². The highest BCUT2D eigenvalue weighted by molar-refractivity contribution is 5.82. The van der Waals surface area contributed by atoms with Crippen LogP contribution in [0.2, 0.25) is 0 Å². The Morgan fingerprint density at radius 2 is 1.78 bits per heavy atom. The molecule has 0 aromatic rings. The number of aliphatic carboxylic acids is 1. The standard InChI is InChI=1S/C12H24N2O4/c1-5-9(6-2)8(3)13-12(17)14-10(7-18-4)11(15)16/h8-10H,5-7H2,1-4H3,(H,15,16)(H2,13,14,17). The van der Waals surface area contributed by atoms with Crippen LogP contribution in [-0.4, -0.2) is 42.9 Å². The van der Waals surface area contributed by atoms with Gasteiger partial charge >= 0.3 is 12.0 Å². The fraction of sp³-hybridized carbons (Fsp3) is 0.833. The van der Waals surface area contributed by atoms with Gasteiger partial charge in [-0.05, 0) is 12.8 Å². The maximum absolute atomic E-state index is 11.6. The molecule has 0 aliphatic heterocycles. The minimum atomic E-state index is -1.11. The van der Waals surface area contributed by atoms with Crippen LogP contribution in [-0.2, 0) is 9.53 Å². The highest BCUT2D eigenvalue weighted by atomic mass is 16.5. The van der Waals surface area contributed by atoms with E-state index >= 15 is 0 Å². The molecule has 0 aliphatic rings. The molecule has 0 saturated heterocycles. The molecule has 106 valence electrons. The molecule has 6 nitrogen and oxygen atoms in total. The van der Waals surface area contributed by atoms with Gasteiger partial charge in [-0.15, -0.1) is 0 Å². The van der Waals surface area contributed by atoms with Gasteiger partial charge in [0.15, 0.2) is 6.04 Å². The van der Waals surface area contributed by atoms with E-state index < -0.39 is 18.0 Å². The average molecular weight is 260 g/mol. The molecule has 2 unspecified atom stereocenters. The number of ether oxygens (including phenoxy) is 1. The van der Waals surface area contributed by atoms with Crippen LogP contribution in [0, 0.1) is 5.92 Å². The Morgan fingerprint density at radius 3 is 2.17 bits per heavy atom. The van der Waals surface area contributed by atoms with Crippen LogP contribution in [0.1, 0.15) is 33.6 Å². The van der Waals surface area contributed by atoms with Crippen LogP contribution < -0.4 is 10.6 Å². The first-order chi connectivity index (χ1) is 8.46. The fourth-order valence-corrected chi connectivity index (χ4v) is 1.86. The largest absolute Gasteiger partial charge is 0.480 e. The molecule has 0 bridgehead atoms. The summed E-state index contributed by atoms with van der Waals surface area (Å²) < 4.78 is 4.74. The number of rotatable bonds is 8. The molecule has 0 aromatic carbocycles. The lowest BCUT2D eigenvalue weighted by Gasteiger charge is -2.23. The van der Waals surface area contributed by atoms with Gasteiger partial charge in [0.2, 0.25) is 0 Å². The maximum atomic E-state index is 11.6. The molecule has 0 fully saturated rings. The maximum Gasteiger partial charge on any atom is 0.328 e. The molecule has 0 heterocycles. The quantitative estimate of drug-likeness (QED) is 0.612. The lowest BCUT2D eigenvalue weighted by molar-refractivity contribution is -0.140. The van der Waals surface area contributed by atoms with E-state index in [0.717, 1.165) is 12.8 Å². The number of carbonyl (C=O) groups excluding carboxylic acids is 1. The summed E-state index contributed by atoms with van der Waals surface area (Å²) in [5.74, 6) is -0.719. The predicted molar refractivity (Wildman–Crippen MR) is 68.5 cm³/mol. The molecule has 0 radical (unpaired) electrons. The van der Waals surface area contributed by atoms with Crippen LogP contribution in [0.25, 0.3) is 0 Å². The van der Waals surface area contributed by atoms with Crippen LogP contribution in [0.15, 0.2) is 0 Å². The summed E-state index contributed by atoms with van der Waals surface area (Å²) in [6.45, 7) is 6.00. The molecule has 0 aromatic heterocycles. The minimum Gasteiger partial charge on any atom is -0.480 e. The zero-order valence-corrected chi connectivity index (χ0v) is 11.5. The number of hydrogen-bond donors (Lipinski definition) is 3. The number of urea groups is 1. The van der Waals surface area contributed by atoms with Gasteiger partial charge in [-0.2, -0.15) is 0 Å². The Labute approximate surface area is 108 Å². The number of carbonyl (C=O) groups is 2. The summed E-state index contributed by atoms with van der Waals surface area (Å²) in [6.07, 6.45) is 1.94. The third-order valence-electron chi connectivity index (χ3n) is 3.05. The van der Waals surface area contributed by atoms with E-state index in [2.05, 4.69) is 24.5 Å². The van der Waals surface area contributed by atoms with E-state index in [9.17, 15) is 9.59 Å². The van der Waals surface area contributed by atoms with Crippen molar-refractivity contribution in [3.8, 4) is 0 Å². The van der Waals surface area contributed by atoms with E-state index in [-0.39, 0.29) is 12.6 Å². The van der Waals surface area contributed by atoms with E-state index in [1.807, 2.05) is 6.92 Å². The number of nitrogens with one attached hydrogen (secondary N) is 2. The molecule has 2 atom stereocenters. The van der Waals surface area contributed by atoms with Gasteiger partial charge in [-0.1, -0.05) is 26.7 Å². The molecular formula is C12H24N2O4. The molecule has 3 N–H and O–H groups in total. The zero-order chi connectivity index (χ0) is 14.1. The first-order valence-electron chi connectivity index (χ1n) is 6.24. The van der Waals surface area contributed by atoms with Crippen molar-refractivity contribution in [3.63, 3.8) is 0 Å². The van der Waals surface area contributed by atoms with Crippen molar-refractivity contribution >= 4 is 12.0 Å². The second kappa shape index (κ2) is 8.74. The summed E-state index contributed by atoms with van der Waals surface area (Å²) >= 11 is 0. The Hall–Kier alpha value is -1.30. The molecular weight excluding hydrogens is 236 g/mol. The van der Waals surface area contributed by atoms with Gasteiger partial charge in [0.05, 0.1) is 6.61 Å². The summed E-state index contributed by atoms with van der Waals surface area (Å²) in [5, 5.41) is 14.0.